The highest BCUT2D eigenvalue weighted by molar-refractivity contribution is 7.92. The van der Waals surface area contributed by atoms with E-state index in [1.165, 1.54) is 40.3 Å². The molecule has 5 rings (SSSR count). The summed E-state index contributed by atoms with van der Waals surface area (Å²) in [5.41, 5.74) is 1.84. The summed E-state index contributed by atoms with van der Waals surface area (Å²) in [5.74, 6) is -1.23. The second-order valence-corrected chi connectivity index (χ2v) is 9.37. The van der Waals surface area contributed by atoms with E-state index in [1.807, 2.05) is 0 Å². The maximum atomic E-state index is 12.9. The van der Waals surface area contributed by atoms with E-state index < -0.39 is 22.0 Å². The highest BCUT2D eigenvalue weighted by Crippen LogP contribution is 2.30. The maximum Gasteiger partial charge on any atom is 0.261 e. The molecule has 3 heterocycles. The van der Waals surface area contributed by atoms with Crippen LogP contribution in [0.15, 0.2) is 59.8 Å². The Kier molecular flexibility index (Phi) is 4.93. The normalized spacial score (nSPS) is 18.2. The molecule has 12 heteroatoms. The van der Waals surface area contributed by atoms with Crippen LogP contribution in [0.1, 0.15) is 28.8 Å². The zero-order chi connectivity index (χ0) is 23.2. The van der Waals surface area contributed by atoms with Crippen LogP contribution in [0.25, 0.3) is 5.69 Å². The van der Waals surface area contributed by atoms with Crippen molar-refractivity contribution < 1.29 is 22.8 Å². The monoisotopic (exact) mass is 466 g/mol. The largest absolute Gasteiger partial charge is 0.322 e. The number of fused-ring (bicyclic) bond motifs is 1. The first kappa shape index (κ1) is 20.8. The van der Waals surface area contributed by atoms with E-state index in [1.54, 1.807) is 24.3 Å². The van der Waals surface area contributed by atoms with Gasteiger partial charge in [-0.25, -0.2) is 8.42 Å². The molecule has 1 atom stereocenters. The molecule has 0 spiro atoms. The van der Waals surface area contributed by atoms with E-state index in [-0.39, 0.29) is 41.8 Å². The number of carbonyl (C=O) groups is 3. The van der Waals surface area contributed by atoms with Crippen LogP contribution in [0.3, 0.4) is 0 Å². The predicted molar refractivity (Wildman–Crippen MR) is 115 cm³/mol. The molecule has 2 N–H and O–H groups in total. The van der Waals surface area contributed by atoms with Gasteiger partial charge >= 0.3 is 0 Å². The van der Waals surface area contributed by atoms with Crippen molar-refractivity contribution in [1.82, 2.24) is 25.2 Å². The average molecular weight is 466 g/mol. The van der Waals surface area contributed by atoms with Gasteiger partial charge in [0.1, 0.15) is 6.04 Å². The predicted octanol–water partition coefficient (Wildman–Crippen LogP) is 0.829. The highest BCUT2D eigenvalue weighted by Gasteiger charge is 2.39. The molecule has 33 heavy (non-hydrogen) atoms. The van der Waals surface area contributed by atoms with Crippen LogP contribution >= 0.6 is 0 Å². The SMILES string of the molecule is O=C1CCC(N2Cc3ccc(NS(=O)(=O)c4ccc(-n5nccn5)cc4)cc3C2=O)C(=O)N1. The zero-order valence-electron chi connectivity index (χ0n) is 17.1. The number of amides is 3. The van der Waals surface area contributed by atoms with Crippen LogP contribution in [0.4, 0.5) is 5.69 Å². The van der Waals surface area contributed by atoms with E-state index in [0.29, 0.717) is 16.8 Å². The van der Waals surface area contributed by atoms with Crippen LogP contribution in [0.5, 0.6) is 0 Å². The van der Waals surface area contributed by atoms with Crippen molar-refractivity contribution in [2.75, 3.05) is 4.72 Å². The fraction of sp³-hybridized carbons (Fsp3) is 0.190. The number of hydrogen-bond acceptors (Lipinski definition) is 7. The lowest BCUT2D eigenvalue weighted by atomic mass is 10.0. The summed E-state index contributed by atoms with van der Waals surface area (Å²) in [6.45, 7) is 0.219. The van der Waals surface area contributed by atoms with Gasteiger partial charge in [-0.05, 0) is 48.4 Å². The van der Waals surface area contributed by atoms with Gasteiger partial charge in [-0.1, -0.05) is 6.07 Å². The Balaban J connectivity index is 1.34. The molecule has 3 aromatic rings. The molecular weight excluding hydrogens is 448 g/mol. The van der Waals surface area contributed by atoms with E-state index in [9.17, 15) is 22.8 Å². The van der Waals surface area contributed by atoms with Crippen molar-refractivity contribution in [2.24, 2.45) is 0 Å². The number of piperidine rings is 1. The molecular formula is C21H18N6O5S. The number of nitrogens with zero attached hydrogens (tertiary/aromatic N) is 4. The fourth-order valence-electron chi connectivity index (χ4n) is 3.94. The van der Waals surface area contributed by atoms with Crippen molar-refractivity contribution in [3.8, 4) is 5.69 Å². The third-order valence-electron chi connectivity index (χ3n) is 5.58. The summed E-state index contributed by atoms with van der Waals surface area (Å²) in [4.78, 5) is 39.3. The molecule has 1 aromatic heterocycles. The molecule has 0 aliphatic carbocycles. The number of benzene rings is 2. The molecule has 2 aliphatic rings. The molecule has 1 saturated heterocycles. The van der Waals surface area contributed by atoms with E-state index in [2.05, 4.69) is 20.2 Å². The van der Waals surface area contributed by atoms with Crippen molar-refractivity contribution in [3.05, 3.63) is 66.0 Å². The summed E-state index contributed by atoms with van der Waals surface area (Å²) < 4.78 is 28.2. The number of anilines is 1. The number of hydrogen-bond donors (Lipinski definition) is 2. The first-order valence-electron chi connectivity index (χ1n) is 10.1. The lowest BCUT2D eigenvalue weighted by Gasteiger charge is -2.29. The molecule has 2 aliphatic heterocycles. The van der Waals surface area contributed by atoms with Crippen LogP contribution in [0.2, 0.25) is 0 Å². The molecule has 3 amide bonds. The number of sulfonamides is 1. The Morgan fingerprint density at radius 2 is 1.73 bits per heavy atom. The minimum absolute atomic E-state index is 0.0374. The number of imide groups is 1. The van der Waals surface area contributed by atoms with Gasteiger partial charge in [0.2, 0.25) is 11.8 Å². The third kappa shape index (κ3) is 3.84. The minimum Gasteiger partial charge on any atom is -0.322 e. The minimum atomic E-state index is -3.91. The standard InChI is InChI=1S/C21H18N6O5S/c28-19-8-7-18(20(29)24-19)26-12-13-1-2-14(11-17(13)21(26)30)25-33(31,32)16-5-3-15(4-6-16)27-22-9-10-23-27/h1-6,9-11,18,25H,7-8,12H2,(H,24,28,29). The molecule has 0 bridgehead atoms. The van der Waals surface area contributed by atoms with E-state index in [4.69, 9.17) is 0 Å². The number of carbonyl (C=O) groups excluding carboxylic acids is 3. The van der Waals surface area contributed by atoms with Gasteiger partial charge in [-0.2, -0.15) is 15.0 Å². The Morgan fingerprint density at radius 3 is 2.42 bits per heavy atom. The van der Waals surface area contributed by atoms with E-state index in [0.717, 1.165) is 0 Å². The number of rotatable bonds is 5. The fourth-order valence-corrected chi connectivity index (χ4v) is 4.99. The molecule has 168 valence electrons. The van der Waals surface area contributed by atoms with Gasteiger partial charge in [-0.15, -0.1) is 0 Å². The topological polar surface area (TPSA) is 143 Å². The van der Waals surface area contributed by atoms with Crippen LogP contribution in [-0.4, -0.2) is 52.1 Å². The van der Waals surface area contributed by atoms with Gasteiger partial charge in [0.25, 0.3) is 15.9 Å². The Morgan fingerprint density at radius 1 is 1.00 bits per heavy atom. The van der Waals surface area contributed by atoms with Crippen LogP contribution < -0.4 is 10.0 Å². The highest BCUT2D eigenvalue weighted by atomic mass is 32.2. The molecule has 0 radical (unpaired) electrons. The number of aromatic nitrogens is 3. The molecule has 11 nitrogen and oxygen atoms in total. The van der Waals surface area contributed by atoms with Gasteiger partial charge in [-0.3, -0.25) is 24.4 Å². The first-order valence-corrected chi connectivity index (χ1v) is 11.6. The first-order chi connectivity index (χ1) is 15.8. The third-order valence-corrected chi connectivity index (χ3v) is 6.97. The van der Waals surface area contributed by atoms with Crippen molar-refractivity contribution in [1.29, 1.82) is 0 Å². The Bertz CT molecular complexity index is 1370. The smallest absolute Gasteiger partial charge is 0.261 e. The van der Waals surface area contributed by atoms with Crippen LogP contribution in [0, 0.1) is 0 Å². The molecule has 1 fully saturated rings. The summed E-state index contributed by atoms with van der Waals surface area (Å²) in [5, 5.41) is 10.2. The molecule has 2 aromatic carbocycles. The summed E-state index contributed by atoms with van der Waals surface area (Å²) in [6, 6.07) is 9.99. The van der Waals surface area contributed by atoms with Crippen molar-refractivity contribution in [2.45, 2.75) is 30.3 Å². The Labute approximate surface area is 188 Å². The average Bonchev–Trinajstić information content (AvgIpc) is 3.43. The number of nitrogens with one attached hydrogen (secondary N) is 2. The van der Waals surface area contributed by atoms with Gasteiger partial charge in [0.05, 0.1) is 23.0 Å². The maximum absolute atomic E-state index is 12.9. The lowest BCUT2D eigenvalue weighted by molar-refractivity contribution is -0.136. The van der Waals surface area contributed by atoms with E-state index >= 15 is 0 Å². The quantitative estimate of drug-likeness (QED) is 0.530. The second-order valence-electron chi connectivity index (χ2n) is 7.69. The van der Waals surface area contributed by atoms with Gasteiger partial charge in [0, 0.05) is 24.2 Å². The van der Waals surface area contributed by atoms with Gasteiger partial charge in [0.15, 0.2) is 0 Å². The van der Waals surface area contributed by atoms with Crippen LogP contribution in [-0.2, 0) is 26.2 Å². The van der Waals surface area contributed by atoms with Gasteiger partial charge < -0.3 is 4.90 Å². The van der Waals surface area contributed by atoms with Crippen molar-refractivity contribution >= 4 is 33.4 Å². The molecule has 0 saturated carbocycles. The summed E-state index contributed by atoms with van der Waals surface area (Å²) in [6.07, 6.45) is 3.45. The molecule has 1 unspecified atom stereocenters. The zero-order valence-corrected chi connectivity index (χ0v) is 17.9. The second kappa shape index (κ2) is 7.81. The summed E-state index contributed by atoms with van der Waals surface area (Å²) in [7, 11) is -3.91. The Hall–Kier alpha value is -4.06. The summed E-state index contributed by atoms with van der Waals surface area (Å²) >= 11 is 0. The van der Waals surface area contributed by atoms with Crippen molar-refractivity contribution in [3.63, 3.8) is 0 Å². The lowest BCUT2D eigenvalue weighted by Crippen LogP contribution is -2.52.